The highest BCUT2D eigenvalue weighted by Gasteiger charge is 2.36. The summed E-state index contributed by atoms with van der Waals surface area (Å²) in [5, 5.41) is 3.09. The van der Waals surface area contributed by atoms with Crippen LogP contribution in [-0.4, -0.2) is 30.7 Å². The lowest BCUT2D eigenvalue weighted by atomic mass is 9.99. The third-order valence-electron chi connectivity index (χ3n) is 2.11. The zero-order valence-electron chi connectivity index (χ0n) is 7.59. The molecule has 0 radical (unpaired) electrons. The molecule has 1 fully saturated rings. The highest BCUT2D eigenvalue weighted by Crippen LogP contribution is 2.18. The number of rotatable bonds is 4. The molecule has 0 aromatic rings. The van der Waals surface area contributed by atoms with Crippen LogP contribution >= 0.6 is 0 Å². The fourth-order valence-electron chi connectivity index (χ4n) is 1.25. The van der Waals surface area contributed by atoms with Crippen molar-refractivity contribution in [2.24, 2.45) is 5.73 Å². The quantitative estimate of drug-likeness (QED) is 0.608. The zero-order chi connectivity index (χ0) is 9.19. The number of carbonyl (C=O) groups excluding carboxylic acids is 1. The molecule has 0 saturated carbocycles. The van der Waals surface area contributed by atoms with Crippen molar-refractivity contribution in [3.05, 3.63) is 0 Å². The van der Waals surface area contributed by atoms with Gasteiger partial charge in [0.25, 0.3) is 0 Å². The SMILES string of the molecule is CCC(OC1(C)CNC1)C(N)=O. The number of carbonyl (C=O) groups is 1. The van der Waals surface area contributed by atoms with E-state index >= 15 is 0 Å². The molecule has 0 bridgehead atoms. The summed E-state index contributed by atoms with van der Waals surface area (Å²) >= 11 is 0. The topological polar surface area (TPSA) is 64.3 Å². The van der Waals surface area contributed by atoms with Gasteiger partial charge in [0, 0.05) is 13.1 Å². The maximum absolute atomic E-state index is 10.8. The molecular formula is C8H16N2O2. The second kappa shape index (κ2) is 3.41. The summed E-state index contributed by atoms with van der Waals surface area (Å²) in [5.41, 5.74) is 4.96. The first-order valence-electron chi connectivity index (χ1n) is 4.25. The van der Waals surface area contributed by atoms with Crippen molar-refractivity contribution in [2.75, 3.05) is 13.1 Å². The fraction of sp³-hybridized carbons (Fsp3) is 0.875. The average molecular weight is 172 g/mol. The van der Waals surface area contributed by atoms with Gasteiger partial charge in [-0.25, -0.2) is 0 Å². The van der Waals surface area contributed by atoms with Gasteiger partial charge in [0.15, 0.2) is 0 Å². The maximum Gasteiger partial charge on any atom is 0.246 e. The van der Waals surface area contributed by atoms with E-state index in [1.165, 1.54) is 0 Å². The van der Waals surface area contributed by atoms with Gasteiger partial charge in [-0.15, -0.1) is 0 Å². The number of hydrogen-bond acceptors (Lipinski definition) is 3. The molecular weight excluding hydrogens is 156 g/mol. The largest absolute Gasteiger partial charge is 0.367 e. The molecule has 1 rings (SSSR count). The molecule has 70 valence electrons. The molecule has 0 spiro atoms. The zero-order valence-corrected chi connectivity index (χ0v) is 7.59. The summed E-state index contributed by atoms with van der Waals surface area (Å²) in [6.07, 6.45) is 0.211. The highest BCUT2D eigenvalue weighted by atomic mass is 16.5. The molecule has 1 aliphatic heterocycles. The van der Waals surface area contributed by atoms with Crippen LogP contribution in [0, 0.1) is 0 Å². The lowest BCUT2D eigenvalue weighted by Gasteiger charge is -2.40. The number of primary amides is 1. The summed E-state index contributed by atoms with van der Waals surface area (Å²) in [5.74, 6) is -0.370. The van der Waals surface area contributed by atoms with Gasteiger partial charge < -0.3 is 15.8 Å². The van der Waals surface area contributed by atoms with Crippen molar-refractivity contribution in [3.63, 3.8) is 0 Å². The molecule has 12 heavy (non-hydrogen) atoms. The molecule has 3 N–H and O–H groups in total. The Bertz CT molecular complexity index is 178. The Balaban J connectivity index is 2.41. The Morgan fingerprint density at radius 2 is 2.33 bits per heavy atom. The number of nitrogens with two attached hydrogens (primary N) is 1. The van der Waals surface area contributed by atoms with Gasteiger partial charge in [0.05, 0.1) is 5.60 Å². The first-order valence-corrected chi connectivity index (χ1v) is 4.25. The van der Waals surface area contributed by atoms with Crippen molar-refractivity contribution >= 4 is 5.91 Å². The number of ether oxygens (including phenoxy) is 1. The summed E-state index contributed by atoms with van der Waals surface area (Å²) in [7, 11) is 0. The third-order valence-corrected chi connectivity index (χ3v) is 2.11. The molecule has 0 aromatic heterocycles. The fourth-order valence-corrected chi connectivity index (χ4v) is 1.25. The van der Waals surface area contributed by atoms with Crippen LogP contribution in [0.2, 0.25) is 0 Å². The summed E-state index contributed by atoms with van der Waals surface area (Å²) in [4.78, 5) is 10.8. The molecule has 1 saturated heterocycles. The van der Waals surface area contributed by atoms with E-state index in [4.69, 9.17) is 10.5 Å². The first kappa shape index (κ1) is 9.48. The Morgan fingerprint density at radius 3 is 2.58 bits per heavy atom. The van der Waals surface area contributed by atoms with Crippen molar-refractivity contribution in [3.8, 4) is 0 Å². The van der Waals surface area contributed by atoms with Crippen molar-refractivity contribution < 1.29 is 9.53 Å². The van der Waals surface area contributed by atoms with E-state index in [1.54, 1.807) is 0 Å². The van der Waals surface area contributed by atoms with Crippen molar-refractivity contribution in [1.29, 1.82) is 0 Å². The number of nitrogens with one attached hydrogen (secondary N) is 1. The molecule has 4 heteroatoms. The lowest BCUT2D eigenvalue weighted by Crippen LogP contribution is -2.61. The minimum Gasteiger partial charge on any atom is -0.367 e. The molecule has 4 nitrogen and oxygen atoms in total. The summed E-state index contributed by atoms with van der Waals surface area (Å²) < 4.78 is 5.55. The Labute approximate surface area is 72.5 Å². The third kappa shape index (κ3) is 1.95. The van der Waals surface area contributed by atoms with E-state index in [-0.39, 0.29) is 11.5 Å². The van der Waals surface area contributed by atoms with Gasteiger partial charge in [0.1, 0.15) is 6.10 Å². The van der Waals surface area contributed by atoms with Crippen LogP contribution in [0.3, 0.4) is 0 Å². The van der Waals surface area contributed by atoms with E-state index in [9.17, 15) is 4.79 Å². The van der Waals surface area contributed by atoms with Crippen LogP contribution in [0.25, 0.3) is 0 Å². The van der Waals surface area contributed by atoms with Gasteiger partial charge in [-0.1, -0.05) is 6.92 Å². The number of hydrogen-bond donors (Lipinski definition) is 2. The van der Waals surface area contributed by atoms with E-state index in [0.717, 1.165) is 13.1 Å². The Hall–Kier alpha value is -0.610. The van der Waals surface area contributed by atoms with Crippen LogP contribution in [0.4, 0.5) is 0 Å². The molecule has 1 amide bonds. The van der Waals surface area contributed by atoms with Gasteiger partial charge >= 0.3 is 0 Å². The van der Waals surface area contributed by atoms with Crippen LogP contribution in [0.5, 0.6) is 0 Å². The second-order valence-corrected chi connectivity index (χ2v) is 3.47. The Morgan fingerprint density at radius 1 is 1.75 bits per heavy atom. The smallest absolute Gasteiger partial charge is 0.246 e. The van der Waals surface area contributed by atoms with Crippen LogP contribution < -0.4 is 11.1 Å². The maximum atomic E-state index is 10.8. The van der Waals surface area contributed by atoms with Gasteiger partial charge in [-0.05, 0) is 13.3 Å². The van der Waals surface area contributed by atoms with Gasteiger partial charge in [-0.2, -0.15) is 0 Å². The van der Waals surface area contributed by atoms with Crippen LogP contribution in [0.1, 0.15) is 20.3 Å². The predicted octanol–water partition coefficient (Wildman–Crippen LogP) is -0.371. The molecule has 0 aromatic carbocycles. The van der Waals surface area contributed by atoms with Gasteiger partial charge in [0.2, 0.25) is 5.91 Å². The molecule has 1 unspecified atom stereocenters. The van der Waals surface area contributed by atoms with Crippen molar-refractivity contribution in [2.45, 2.75) is 32.0 Å². The normalized spacial score (nSPS) is 22.8. The predicted molar refractivity (Wildman–Crippen MR) is 45.6 cm³/mol. The monoisotopic (exact) mass is 172 g/mol. The minimum absolute atomic E-state index is 0.185. The summed E-state index contributed by atoms with van der Waals surface area (Å²) in [6, 6.07) is 0. The number of amides is 1. The molecule has 0 aliphatic carbocycles. The van der Waals surface area contributed by atoms with Crippen LogP contribution in [0.15, 0.2) is 0 Å². The molecule has 1 heterocycles. The summed E-state index contributed by atoms with van der Waals surface area (Å²) in [6.45, 7) is 5.48. The van der Waals surface area contributed by atoms with Gasteiger partial charge in [-0.3, -0.25) is 4.79 Å². The highest BCUT2D eigenvalue weighted by molar-refractivity contribution is 5.78. The average Bonchev–Trinajstić information content (AvgIpc) is 1.96. The minimum atomic E-state index is -0.433. The second-order valence-electron chi connectivity index (χ2n) is 3.47. The first-order chi connectivity index (χ1) is 5.57. The standard InChI is InChI=1S/C8H16N2O2/c1-3-6(7(9)11)12-8(2)4-10-5-8/h6,10H,3-5H2,1-2H3,(H2,9,11). The van der Waals surface area contributed by atoms with E-state index < -0.39 is 6.10 Å². The van der Waals surface area contributed by atoms with Crippen LogP contribution in [-0.2, 0) is 9.53 Å². The lowest BCUT2D eigenvalue weighted by molar-refractivity contribution is -0.149. The van der Waals surface area contributed by atoms with E-state index in [2.05, 4.69) is 5.32 Å². The molecule has 1 aliphatic rings. The van der Waals surface area contributed by atoms with E-state index in [1.807, 2.05) is 13.8 Å². The molecule has 1 atom stereocenters. The Kier molecular flexibility index (Phi) is 2.69. The van der Waals surface area contributed by atoms with E-state index in [0.29, 0.717) is 6.42 Å². The van der Waals surface area contributed by atoms with Crippen molar-refractivity contribution in [1.82, 2.24) is 5.32 Å².